The summed E-state index contributed by atoms with van der Waals surface area (Å²) >= 11 is 1.78. The van der Waals surface area contributed by atoms with Crippen molar-refractivity contribution in [3.05, 3.63) is 40.1 Å². The zero-order valence-corrected chi connectivity index (χ0v) is 13.0. The lowest BCUT2D eigenvalue weighted by Gasteiger charge is -2.25. The van der Waals surface area contributed by atoms with E-state index in [0.717, 1.165) is 24.9 Å². The van der Waals surface area contributed by atoms with E-state index in [0.29, 0.717) is 5.69 Å². The van der Waals surface area contributed by atoms with Crippen molar-refractivity contribution in [3.8, 4) is 0 Å². The molecule has 112 valence electrons. The second-order valence-electron chi connectivity index (χ2n) is 5.18. The number of aryl methyl sites for hydroxylation is 1. The molecule has 0 amide bonds. The van der Waals surface area contributed by atoms with E-state index in [1.165, 1.54) is 22.6 Å². The highest BCUT2D eigenvalue weighted by atomic mass is 32.2. The fourth-order valence-corrected chi connectivity index (χ4v) is 4.21. The molecule has 1 atom stereocenters. The average molecular weight is 323 g/mol. The molecule has 7 heteroatoms. The van der Waals surface area contributed by atoms with Crippen molar-refractivity contribution in [1.29, 1.82) is 0 Å². The van der Waals surface area contributed by atoms with Gasteiger partial charge in [0.05, 0.1) is 22.3 Å². The molecule has 21 heavy (non-hydrogen) atoms. The van der Waals surface area contributed by atoms with Gasteiger partial charge in [-0.15, -0.1) is 11.3 Å². The second kappa shape index (κ2) is 5.32. The smallest absolute Gasteiger partial charge is 0.238 e. The van der Waals surface area contributed by atoms with E-state index >= 15 is 0 Å². The molecule has 0 aliphatic heterocycles. The Morgan fingerprint density at radius 3 is 2.81 bits per heavy atom. The summed E-state index contributed by atoms with van der Waals surface area (Å²) in [5.74, 6) is 0. The molecule has 1 aliphatic rings. The molecule has 1 aliphatic carbocycles. The van der Waals surface area contributed by atoms with Crippen LogP contribution in [0.4, 0.5) is 11.4 Å². The molecular weight excluding hydrogens is 306 g/mol. The lowest BCUT2D eigenvalue weighted by Crippen LogP contribution is -2.17. The zero-order valence-electron chi connectivity index (χ0n) is 11.4. The van der Waals surface area contributed by atoms with Crippen molar-refractivity contribution >= 4 is 32.7 Å². The van der Waals surface area contributed by atoms with E-state index in [-0.39, 0.29) is 10.9 Å². The maximum atomic E-state index is 11.3. The quantitative estimate of drug-likeness (QED) is 0.756. The summed E-state index contributed by atoms with van der Waals surface area (Å²) in [6.07, 6.45) is 3.31. The van der Waals surface area contributed by atoms with Gasteiger partial charge in [0.15, 0.2) is 0 Å². The maximum absolute atomic E-state index is 11.3. The number of nitrogen functional groups attached to an aromatic ring is 1. The van der Waals surface area contributed by atoms with Crippen LogP contribution in [0.5, 0.6) is 0 Å². The van der Waals surface area contributed by atoms with Gasteiger partial charge in [-0.1, -0.05) is 0 Å². The van der Waals surface area contributed by atoms with Gasteiger partial charge in [-0.3, -0.25) is 0 Å². The molecule has 0 bridgehead atoms. The first-order chi connectivity index (χ1) is 9.95. The topological polar surface area (TPSA) is 98.2 Å². The number of fused-ring (bicyclic) bond motifs is 1. The van der Waals surface area contributed by atoms with Crippen LogP contribution in [0.1, 0.15) is 29.3 Å². The zero-order chi connectivity index (χ0) is 15.0. The third-order valence-corrected chi connectivity index (χ3v) is 5.64. The van der Waals surface area contributed by atoms with Gasteiger partial charge >= 0.3 is 0 Å². The van der Waals surface area contributed by atoms with Crippen LogP contribution in [0.25, 0.3) is 0 Å². The Balaban J connectivity index is 1.87. The molecule has 5 nitrogen and oxygen atoms in total. The lowest BCUT2D eigenvalue weighted by atomic mass is 9.94. The molecule has 5 N–H and O–H groups in total. The van der Waals surface area contributed by atoms with E-state index in [4.69, 9.17) is 10.9 Å². The lowest BCUT2D eigenvalue weighted by molar-refractivity contribution is 0.597. The van der Waals surface area contributed by atoms with Gasteiger partial charge in [-0.2, -0.15) is 0 Å². The molecule has 1 unspecified atom stereocenters. The largest absolute Gasteiger partial charge is 0.397 e. The van der Waals surface area contributed by atoms with E-state index in [1.54, 1.807) is 17.4 Å². The minimum Gasteiger partial charge on any atom is -0.397 e. The molecule has 1 aromatic heterocycles. The first-order valence-electron chi connectivity index (χ1n) is 6.70. The Hall–Kier alpha value is -1.57. The molecule has 2 aromatic rings. The van der Waals surface area contributed by atoms with Crippen molar-refractivity contribution in [1.82, 2.24) is 0 Å². The predicted molar refractivity (Wildman–Crippen MR) is 85.8 cm³/mol. The van der Waals surface area contributed by atoms with E-state index in [1.807, 2.05) is 0 Å². The van der Waals surface area contributed by atoms with E-state index < -0.39 is 10.0 Å². The number of hydrogen-bond acceptors (Lipinski definition) is 5. The van der Waals surface area contributed by atoms with Gasteiger partial charge in [0, 0.05) is 4.88 Å². The molecule has 0 fully saturated rings. The molecule has 1 heterocycles. The number of benzene rings is 1. The number of thiophene rings is 1. The fourth-order valence-electron chi connectivity index (χ4n) is 2.67. The minimum absolute atomic E-state index is 0.0328. The van der Waals surface area contributed by atoms with Crippen LogP contribution in [-0.4, -0.2) is 8.42 Å². The summed E-state index contributed by atoms with van der Waals surface area (Å²) in [4.78, 5) is 1.45. The summed E-state index contributed by atoms with van der Waals surface area (Å²) in [7, 11) is -3.72. The Kier molecular flexibility index (Phi) is 3.64. The van der Waals surface area contributed by atoms with Crippen LogP contribution >= 0.6 is 11.3 Å². The van der Waals surface area contributed by atoms with Crippen LogP contribution in [0.15, 0.2) is 34.5 Å². The van der Waals surface area contributed by atoms with Crippen molar-refractivity contribution in [3.63, 3.8) is 0 Å². The van der Waals surface area contributed by atoms with Crippen LogP contribution < -0.4 is 16.2 Å². The molecule has 0 saturated heterocycles. The third-order valence-electron chi connectivity index (χ3n) is 3.73. The Morgan fingerprint density at radius 2 is 2.10 bits per heavy atom. The van der Waals surface area contributed by atoms with Gasteiger partial charge in [-0.05, 0) is 54.5 Å². The van der Waals surface area contributed by atoms with Crippen molar-refractivity contribution in [2.45, 2.75) is 30.2 Å². The highest BCUT2D eigenvalue weighted by molar-refractivity contribution is 7.89. The number of sulfonamides is 1. The first-order valence-corrected chi connectivity index (χ1v) is 9.13. The first kappa shape index (κ1) is 14.4. The Bertz CT molecular complexity index is 768. The number of anilines is 2. The van der Waals surface area contributed by atoms with Crippen molar-refractivity contribution in [2.24, 2.45) is 5.14 Å². The Morgan fingerprint density at radius 1 is 1.29 bits per heavy atom. The van der Waals surface area contributed by atoms with Gasteiger partial charge < -0.3 is 11.1 Å². The van der Waals surface area contributed by atoms with Gasteiger partial charge in [0.25, 0.3) is 0 Å². The fraction of sp³-hybridized carbons (Fsp3) is 0.286. The third kappa shape index (κ3) is 2.90. The Labute approximate surface area is 128 Å². The number of rotatable bonds is 3. The summed E-state index contributed by atoms with van der Waals surface area (Å²) in [5.41, 5.74) is 8.41. The van der Waals surface area contributed by atoms with Gasteiger partial charge in [-0.25, -0.2) is 13.6 Å². The number of hydrogen-bond donors (Lipinski definition) is 3. The average Bonchev–Trinajstić information content (AvgIpc) is 2.89. The van der Waals surface area contributed by atoms with Crippen LogP contribution in [0, 0.1) is 0 Å². The molecule has 0 saturated carbocycles. The highest BCUT2D eigenvalue weighted by Crippen LogP contribution is 2.36. The molecule has 0 radical (unpaired) electrons. The van der Waals surface area contributed by atoms with E-state index in [9.17, 15) is 8.42 Å². The summed E-state index contributed by atoms with van der Waals surface area (Å²) < 4.78 is 22.6. The number of nitrogens with two attached hydrogens (primary N) is 2. The predicted octanol–water partition coefficient (Wildman–Crippen LogP) is 2.47. The monoisotopic (exact) mass is 323 g/mol. The molecule has 3 rings (SSSR count). The van der Waals surface area contributed by atoms with Crippen LogP contribution in [0.3, 0.4) is 0 Å². The van der Waals surface area contributed by atoms with Crippen molar-refractivity contribution < 1.29 is 8.42 Å². The maximum Gasteiger partial charge on any atom is 0.238 e. The standard InChI is InChI=1S/C14H17N3O2S2/c15-11-8-9(21(16,18)19)4-5-13(11)17-12-2-1-3-14-10(12)6-7-20-14/h4-8,12,17H,1-3,15H2,(H2,16,18,19). The number of nitrogens with one attached hydrogen (secondary N) is 1. The van der Waals surface area contributed by atoms with Gasteiger partial charge in [0.2, 0.25) is 10.0 Å². The minimum atomic E-state index is -3.72. The van der Waals surface area contributed by atoms with Crippen LogP contribution in [0.2, 0.25) is 0 Å². The SMILES string of the molecule is Nc1cc(S(N)(=O)=O)ccc1NC1CCCc2sccc21. The summed E-state index contributed by atoms with van der Waals surface area (Å²) in [5, 5.41) is 10.6. The van der Waals surface area contributed by atoms with Gasteiger partial charge in [0.1, 0.15) is 0 Å². The molecular formula is C14H17N3O2S2. The molecule has 0 spiro atoms. The van der Waals surface area contributed by atoms with Crippen molar-refractivity contribution in [2.75, 3.05) is 11.1 Å². The summed E-state index contributed by atoms with van der Waals surface area (Å²) in [6.45, 7) is 0. The second-order valence-corrected chi connectivity index (χ2v) is 7.74. The van der Waals surface area contributed by atoms with Crippen LogP contribution in [-0.2, 0) is 16.4 Å². The molecule has 1 aromatic carbocycles. The number of primary sulfonamides is 1. The van der Waals surface area contributed by atoms with E-state index in [2.05, 4.69) is 16.8 Å². The highest BCUT2D eigenvalue weighted by Gasteiger charge is 2.21. The normalized spacial score (nSPS) is 18.2. The summed E-state index contributed by atoms with van der Waals surface area (Å²) in [6, 6.07) is 6.92.